The van der Waals surface area contributed by atoms with Gasteiger partial charge in [-0.15, -0.1) is 0 Å². The lowest BCUT2D eigenvalue weighted by atomic mass is 9.89. The van der Waals surface area contributed by atoms with E-state index in [1.165, 1.54) is 12.1 Å². The summed E-state index contributed by atoms with van der Waals surface area (Å²) in [7, 11) is 0. The number of hydrogen-bond donors (Lipinski definition) is 4. The molecule has 4 nitrogen and oxygen atoms in total. The van der Waals surface area contributed by atoms with Crippen LogP contribution in [0.4, 0.5) is 0 Å². The molecule has 0 atom stereocenters. The summed E-state index contributed by atoms with van der Waals surface area (Å²) in [5.41, 5.74) is 6.79. The summed E-state index contributed by atoms with van der Waals surface area (Å²) < 4.78 is 0. The summed E-state index contributed by atoms with van der Waals surface area (Å²) >= 11 is 0. The number of rotatable bonds is 2. The Bertz CT molecular complexity index is 567. The Labute approximate surface area is 111 Å². The molecule has 0 amide bonds. The Hall–Kier alpha value is -2.04. The molecule has 0 bridgehead atoms. The molecule has 0 saturated heterocycles. The number of phenolic OH excluding ortho intramolecular Hbond substituents is 2. The molecule has 0 saturated carbocycles. The average Bonchev–Trinajstić information content (AvgIpc) is 2.27. The molecule has 2 aromatic rings. The second kappa shape index (κ2) is 4.57. The van der Waals surface area contributed by atoms with E-state index in [1.54, 1.807) is 38.1 Å². The van der Waals surface area contributed by atoms with Crippen molar-refractivity contribution < 1.29 is 15.3 Å². The maximum Gasteiger partial charge on any atom is 0.166 e. The maximum atomic E-state index is 10.6. The maximum absolute atomic E-state index is 10.6. The fraction of sp³-hybridized carbons (Fsp3) is 0.200. The first kappa shape index (κ1) is 13.4. The summed E-state index contributed by atoms with van der Waals surface area (Å²) in [6.45, 7) is 3.53. The van der Waals surface area contributed by atoms with E-state index in [0.29, 0.717) is 22.3 Å². The van der Waals surface area contributed by atoms with Gasteiger partial charge in [-0.25, -0.2) is 0 Å². The number of aromatic hydroxyl groups is 2. The van der Waals surface area contributed by atoms with Crippen LogP contribution in [0.25, 0.3) is 0 Å². The van der Waals surface area contributed by atoms with Crippen molar-refractivity contribution in [2.45, 2.75) is 19.6 Å². The molecule has 0 fully saturated rings. The summed E-state index contributed by atoms with van der Waals surface area (Å²) in [5, 5.41) is 29.4. The molecule has 19 heavy (non-hydrogen) atoms. The molecule has 4 heteroatoms. The van der Waals surface area contributed by atoms with Crippen LogP contribution in [0.1, 0.15) is 22.3 Å². The van der Waals surface area contributed by atoms with Crippen LogP contribution >= 0.6 is 0 Å². The van der Waals surface area contributed by atoms with E-state index in [0.717, 1.165) is 0 Å². The second-order valence-electron chi connectivity index (χ2n) is 4.76. The van der Waals surface area contributed by atoms with E-state index >= 15 is 0 Å². The first-order valence-corrected chi connectivity index (χ1v) is 5.94. The van der Waals surface area contributed by atoms with Crippen molar-refractivity contribution in [1.82, 2.24) is 0 Å². The minimum Gasteiger partial charge on any atom is -0.508 e. The van der Waals surface area contributed by atoms with Crippen LogP contribution in [0.3, 0.4) is 0 Å². The predicted molar refractivity (Wildman–Crippen MR) is 72.9 cm³/mol. The number of benzene rings is 2. The van der Waals surface area contributed by atoms with Gasteiger partial charge in [0.1, 0.15) is 11.5 Å². The third kappa shape index (κ3) is 2.41. The molecule has 0 spiro atoms. The smallest absolute Gasteiger partial charge is 0.166 e. The molecule has 0 aliphatic heterocycles. The predicted octanol–water partition coefficient (Wildman–Crippen LogP) is 1.87. The molecule has 0 radical (unpaired) electrons. The van der Waals surface area contributed by atoms with Crippen molar-refractivity contribution in [3.63, 3.8) is 0 Å². The highest BCUT2D eigenvalue weighted by molar-refractivity contribution is 5.46. The van der Waals surface area contributed by atoms with Crippen molar-refractivity contribution in [3.8, 4) is 11.5 Å². The lowest BCUT2D eigenvalue weighted by Crippen LogP contribution is -2.39. The number of aliphatic hydroxyl groups is 1. The lowest BCUT2D eigenvalue weighted by Gasteiger charge is -2.27. The van der Waals surface area contributed by atoms with Crippen molar-refractivity contribution in [1.29, 1.82) is 0 Å². The van der Waals surface area contributed by atoms with E-state index in [-0.39, 0.29) is 11.5 Å². The van der Waals surface area contributed by atoms with Crippen LogP contribution in [0.15, 0.2) is 36.4 Å². The quantitative estimate of drug-likeness (QED) is 0.620. The lowest BCUT2D eigenvalue weighted by molar-refractivity contribution is 0.0869. The van der Waals surface area contributed by atoms with Gasteiger partial charge in [-0.1, -0.05) is 12.1 Å². The van der Waals surface area contributed by atoms with Gasteiger partial charge in [-0.3, -0.25) is 5.73 Å². The van der Waals surface area contributed by atoms with Gasteiger partial charge in [0.05, 0.1) is 0 Å². The van der Waals surface area contributed by atoms with E-state index in [2.05, 4.69) is 0 Å². The molecule has 100 valence electrons. The van der Waals surface area contributed by atoms with Gasteiger partial charge in [-0.2, -0.15) is 0 Å². The summed E-state index contributed by atoms with van der Waals surface area (Å²) in [6.07, 6.45) is 0. The molecule has 0 heterocycles. The van der Waals surface area contributed by atoms with E-state index in [1.807, 2.05) is 0 Å². The first-order valence-electron chi connectivity index (χ1n) is 5.94. The Balaban J connectivity index is 2.58. The zero-order chi connectivity index (χ0) is 14.2. The minimum atomic E-state index is -1.67. The van der Waals surface area contributed by atoms with Gasteiger partial charge in [-0.05, 0) is 49.2 Å². The highest BCUT2D eigenvalue weighted by Crippen LogP contribution is 2.31. The third-order valence-electron chi connectivity index (χ3n) is 3.24. The fourth-order valence-corrected chi connectivity index (χ4v) is 2.30. The molecule has 0 aliphatic carbocycles. The Morgan fingerprint density at radius 3 is 1.53 bits per heavy atom. The molecule has 2 aromatic carbocycles. The van der Waals surface area contributed by atoms with Crippen LogP contribution in [0.2, 0.25) is 0 Å². The zero-order valence-electron chi connectivity index (χ0n) is 10.9. The summed E-state index contributed by atoms with van der Waals surface area (Å²) in [4.78, 5) is 0. The monoisotopic (exact) mass is 259 g/mol. The summed E-state index contributed by atoms with van der Waals surface area (Å²) in [5.74, 6) is 0.249. The molecular formula is C15H17NO3. The largest absolute Gasteiger partial charge is 0.508 e. The van der Waals surface area contributed by atoms with E-state index in [4.69, 9.17) is 5.73 Å². The number of phenols is 2. The van der Waals surface area contributed by atoms with Gasteiger partial charge in [0.25, 0.3) is 0 Å². The highest BCUT2D eigenvalue weighted by atomic mass is 16.3. The van der Waals surface area contributed by atoms with Crippen molar-refractivity contribution in [2.24, 2.45) is 5.73 Å². The minimum absolute atomic E-state index is 0.125. The third-order valence-corrected chi connectivity index (χ3v) is 3.24. The Morgan fingerprint density at radius 2 is 1.21 bits per heavy atom. The van der Waals surface area contributed by atoms with E-state index < -0.39 is 5.72 Å². The van der Waals surface area contributed by atoms with Crippen LogP contribution in [0, 0.1) is 13.8 Å². The molecule has 0 aliphatic rings. The van der Waals surface area contributed by atoms with Crippen molar-refractivity contribution in [2.75, 3.05) is 0 Å². The van der Waals surface area contributed by atoms with Crippen LogP contribution in [-0.2, 0) is 5.72 Å². The van der Waals surface area contributed by atoms with Crippen LogP contribution in [0.5, 0.6) is 11.5 Å². The normalized spacial score (nSPS) is 11.6. The highest BCUT2D eigenvalue weighted by Gasteiger charge is 2.29. The number of hydrogen-bond acceptors (Lipinski definition) is 4. The molecule has 0 unspecified atom stereocenters. The second-order valence-corrected chi connectivity index (χ2v) is 4.76. The number of nitrogens with two attached hydrogens (primary N) is 1. The SMILES string of the molecule is Cc1cc(O)ccc1C(N)(O)c1ccc(O)cc1C. The Kier molecular flexibility index (Phi) is 3.22. The zero-order valence-corrected chi connectivity index (χ0v) is 10.9. The van der Waals surface area contributed by atoms with E-state index in [9.17, 15) is 15.3 Å². The van der Waals surface area contributed by atoms with Gasteiger partial charge < -0.3 is 15.3 Å². The topological polar surface area (TPSA) is 86.7 Å². The molecular weight excluding hydrogens is 242 g/mol. The fourth-order valence-electron chi connectivity index (χ4n) is 2.30. The molecule has 0 aromatic heterocycles. The van der Waals surface area contributed by atoms with Gasteiger partial charge in [0.2, 0.25) is 0 Å². The average molecular weight is 259 g/mol. The van der Waals surface area contributed by atoms with Crippen LogP contribution < -0.4 is 5.73 Å². The van der Waals surface area contributed by atoms with Gasteiger partial charge in [0, 0.05) is 11.1 Å². The number of aryl methyl sites for hydroxylation is 2. The molecule has 5 N–H and O–H groups in total. The van der Waals surface area contributed by atoms with Gasteiger partial charge >= 0.3 is 0 Å². The standard InChI is InChI=1S/C15H17NO3/c1-9-7-11(17)3-5-13(9)15(16,19)14-6-4-12(18)8-10(14)2/h3-8,17-19H,16H2,1-2H3. The van der Waals surface area contributed by atoms with Crippen molar-refractivity contribution >= 4 is 0 Å². The first-order chi connectivity index (χ1) is 8.82. The molecule has 2 rings (SSSR count). The Morgan fingerprint density at radius 1 is 0.842 bits per heavy atom. The van der Waals surface area contributed by atoms with Crippen LogP contribution in [-0.4, -0.2) is 15.3 Å². The van der Waals surface area contributed by atoms with Crippen molar-refractivity contribution in [3.05, 3.63) is 58.7 Å². The van der Waals surface area contributed by atoms with Gasteiger partial charge in [0.15, 0.2) is 5.72 Å². The summed E-state index contributed by atoms with van der Waals surface area (Å²) in [6, 6.07) is 9.24.